The smallest absolute Gasteiger partial charge is 0.128 e. The first kappa shape index (κ1) is 14.1. The molecule has 0 radical (unpaired) electrons. The van der Waals surface area contributed by atoms with Crippen LogP contribution in [0.2, 0.25) is 0 Å². The summed E-state index contributed by atoms with van der Waals surface area (Å²) in [7, 11) is 2.31. The minimum absolute atomic E-state index is 0.450. The molecular weight excluding hydrogens is 238 g/mol. The van der Waals surface area contributed by atoms with Crippen LogP contribution in [0.5, 0.6) is 5.75 Å². The molecule has 0 aliphatic heterocycles. The fourth-order valence-electron chi connectivity index (χ4n) is 1.62. The molecule has 17 heavy (non-hydrogen) atoms. The van der Waals surface area contributed by atoms with Crippen molar-refractivity contribution < 1.29 is 13.7 Å². The predicted octanol–water partition coefficient (Wildman–Crippen LogP) is 1.60. The summed E-state index contributed by atoms with van der Waals surface area (Å²) in [6.07, 6.45) is 1.76. The molecule has 1 aromatic heterocycles. The van der Waals surface area contributed by atoms with Crippen molar-refractivity contribution in [2.75, 3.05) is 26.6 Å². The second-order valence-corrected chi connectivity index (χ2v) is 5.40. The summed E-state index contributed by atoms with van der Waals surface area (Å²) in [5.41, 5.74) is 2.80. The summed E-state index contributed by atoms with van der Waals surface area (Å²) in [4.78, 5) is 4.32. The van der Waals surface area contributed by atoms with Gasteiger partial charge >= 0.3 is 0 Å². The Hall–Kier alpha value is -0.940. The van der Waals surface area contributed by atoms with E-state index in [2.05, 4.69) is 4.98 Å². The average Bonchev–Trinajstić information content (AvgIpc) is 2.31. The van der Waals surface area contributed by atoms with Gasteiger partial charge in [-0.05, 0) is 13.8 Å². The van der Waals surface area contributed by atoms with Gasteiger partial charge in [0.1, 0.15) is 5.75 Å². The number of hydrogen-bond acceptors (Lipinski definition) is 4. The highest BCUT2D eigenvalue weighted by Crippen LogP contribution is 2.24. The highest BCUT2D eigenvalue weighted by atomic mass is 32.2. The molecule has 0 aliphatic carbocycles. The van der Waals surface area contributed by atoms with Gasteiger partial charge in [0.15, 0.2) is 0 Å². The number of rotatable bonds is 6. The number of ether oxygens (including phenoxy) is 2. The van der Waals surface area contributed by atoms with Crippen molar-refractivity contribution in [2.45, 2.75) is 19.6 Å². The van der Waals surface area contributed by atoms with Crippen LogP contribution in [0.25, 0.3) is 0 Å². The molecule has 1 unspecified atom stereocenters. The third-order valence-corrected chi connectivity index (χ3v) is 3.78. The lowest BCUT2D eigenvalue weighted by Gasteiger charge is -2.11. The molecule has 0 amide bonds. The lowest BCUT2D eigenvalue weighted by molar-refractivity contribution is 0.218. The Balaban J connectivity index is 2.81. The zero-order valence-electron chi connectivity index (χ0n) is 10.8. The molecule has 96 valence electrons. The number of hydrogen-bond donors (Lipinski definition) is 0. The third-order valence-electron chi connectivity index (χ3n) is 2.56. The maximum Gasteiger partial charge on any atom is 0.128 e. The van der Waals surface area contributed by atoms with Gasteiger partial charge in [0.2, 0.25) is 0 Å². The minimum atomic E-state index is -0.941. The molecule has 1 atom stereocenters. The van der Waals surface area contributed by atoms with Crippen molar-refractivity contribution in [1.29, 1.82) is 0 Å². The van der Waals surface area contributed by atoms with Gasteiger partial charge in [-0.2, -0.15) is 0 Å². The summed E-state index contributed by atoms with van der Waals surface area (Å²) < 4.78 is 22.0. The fourth-order valence-corrected chi connectivity index (χ4v) is 2.71. The topological polar surface area (TPSA) is 48.4 Å². The highest BCUT2D eigenvalue weighted by molar-refractivity contribution is 7.84. The van der Waals surface area contributed by atoms with Gasteiger partial charge in [-0.25, -0.2) is 0 Å². The summed E-state index contributed by atoms with van der Waals surface area (Å²) in [5, 5.41) is 0. The molecule has 0 N–H and O–H groups in total. The van der Waals surface area contributed by atoms with Crippen LogP contribution in [0.4, 0.5) is 0 Å². The van der Waals surface area contributed by atoms with Crippen LogP contribution in [-0.4, -0.2) is 35.8 Å². The second-order valence-electron chi connectivity index (χ2n) is 3.83. The van der Waals surface area contributed by atoms with Gasteiger partial charge in [-0.3, -0.25) is 9.19 Å². The Morgan fingerprint density at radius 1 is 1.35 bits per heavy atom. The molecule has 1 aromatic rings. The normalized spacial score (nSPS) is 12.5. The minimum Gasteiger partial charge on any atom is -0.496 e. The lowest BCUT2D eigenvalue weighted by atomic mass is 10.1. The van der Waals surface area contributed by atoms with E-state index in [-0.39, 0.29) is 0 Å². The van der Waals surface area contributed by atoms with Crippen LogP contribution < -0.4 is 4.74 Å². The third kappa shape index (κ3) is 3.78. The van der Waals surface area contributed by atoms with Crippen molar-refractivity contribution in [1.82, 2.24) is 4.98 Å². The molecule has 1 rings (SSSR count). The van der Waals surface area contributed by atoms with E-state index in [1.165, 1.54) is 0 Å². The molecule has 0 saturated carbocycles. The quantitative estimate of drug-likeness (QED) is 0.776. The van der Waals surface area contributed by atoms with E-state index in [0.29, 0.717) is 18.1 Å². The van der Waals surface area contributed by atoms with Gasteiger partial charge in [-0.1, -0.05) is 0 Å². The molecule has 0 spiro atoms. The van der Waals surface area contributed by atoms with Crippen molar-refractivity contribution >= 4 is 10.8 Å². The van der Waals surface area contributed by atoms with Crippen molar-refractivity contribution in [2.24, 2.45) is 0 Å². The van der Waals surface area contributed by atoms with Crippen LogP contribution in [0.3, 0.4) is 0 Å². The predicted molar refractivity (Wildman–Crippen MR) is 68.9 cm³/mol. The van der Waals surface area contributed by atoms with Crippen LogP contribution in [0.15, 0.2) is 6.20 Å². The maximum atomic E-state index is 11.8. The Kier molecular flexibility index (Phi) is 5.58. The van der Waals surface area contributed by atoms with E-state index in [0.717, 1.165) is 22.6 Å². The van der Waals surface area contributed by atoms with Crippen LogP contribution >= 0.6 is 0 Å². The number of methoxy groups -OCH3 is 2. The zero-order valence-corrected chi connectivity index (χ0v) is 11.6. The highest BCUT2D eigenvalue weighted by Gasteiger charge is 2.11. The fraction of sp³-hybridized carbons (Fsp3) is 0.583. The maximum absolute atomic E-state index is 11.8. The van der Waals surface area contributed by atoms with Crippen LogP contribution in [0, 0.1) is 13.8 Å². The largest absolute Gasteiger partial charge is 0.496 e. The number of aryl methyl sites for hydroxylation is 1. The van der Waals surface area contributed by atoms with Gasteiger partial charge < -0.3 is 9.47 Å². The number of nitrogens with zero attached hydrogens (tertiary/aromatic N) is 1. The van der Waals surface area contributed by atoms with Crippen molar-refractivity contribution in [3.05, 3.63) is 23.0 Å². The summed E-state index contributed by atoms with van der Waals surface area (Å²) in [6.45, 7) is 4.40. The molecule has 0 aromatic carbocycles. The Bertz CT molecular complexity index is 407. The number of pyridine rings is 1. The molecule has 4 nitrogen and oxygen atoms in total. The summed E-state index contributed by atoms with van der Waals surface area (Å²) >= 11 is 0. The van der Waals surface area contributed by atoms with Crippen LogP contribution in [0.1, 0.15) is 16.8 Å². The molecule has 1 heterocycles. The molecule has 0 bridgehead atoms. The summed E-state index contributed by atoms with van der Waals surface area (Å²) in [5.74, 6) is 1.82. The zero-order chi connectivity index (χ0) is 12.8. The first-order valence-electron chi connectivity index (χ1n) is 5.43. The van der Waals surface area contributed by atoms with Gasteiger partial charge in [0.05, 0.1) is 25.2 Å². The SMILES string of the molecule is COCCS(=O)Cc1ncc(C)c(OC)c1C. The molecule has 0 saturated heterocycles. The van der Waals surface area contributed by atoms with E-state index in [4.69, 9.17) is 9.47 Å². The molecule has 0 aliphatic rings. The monoisotopic (exact) mass is 257 g/mol. The second kappa shape index (κ2) is 6.71. The van der Waals surface area contributed by atoms with E-state index in [1.807, 2.05) is 13.8 Å². The first-order valence-corrected chi connectivity index (χ1v) is 6.92. The van der Waals surface area contributed by atoms with Crippen molar-refractivity contribution in [3.63, 3.8) is 0 Å². The van der Waals surface area contributed by atoms with E-state index in [1.54, 1.807) is 20.4 Å². The van der Waals surface area contributed by atoms with Gasteiger partial charge in [0.25, 0.3) is 0 Å². The van der Waals surface area contributed by atoms with Crippen LogP contribution in [-0.2, 0) is 21.3 Å². The van der Waals surface area contributed by atoms with Gasteiger partial charge in [0, 0.05) is 41.0 Å². The average molecular weight is 257 g/mol. The Labute approximate surface area is 105 Å². The standard InChI is InChI=1S/C12H19NO3S/c1-9-7-13-11(10(2)12(9)16-4)8-17(14)6-5-15-3/h7H,5-6,8H2,1-4H3. The number of aromatic nitrogens is 1. The molecule has 5 heteroatoms. The Morgan fingerprint density at radius 3 is 2.65 bits per heavy atom. The molecule has 0 fully saturated rings. The van der Waals surface area contributed by atoms with E-state index >= 15 is 0 Å². The van der Waals surface area contributed by atoms with E-state index < -0.39 is 10.8 Å². The first-order chi connectivity index (χ1) is 8.10. The summed E-state index contributed by atoms with van der Waals surface area (Å²) in [6, 6.07) is 0. The Morgan fingerprint density at radius 2 is 2.06 bits per heavy atom. The lowest BCUT2D eigenvalue weighted by Crippen LogP contribution is -2.09. The van der Waals surface area contributed by atoms with E-state index in [9.17, 15) is 4.21 Å². The molecular formula is C12H19NO3S. The van der Waals surface area contributed by atoms with Gasteiger partial charge in [-0.15, -0.1) is 0 Å². The van der Waals surface area contributed by atoms with Crippen molar-refractivity contribution in [3.8, 4) is 5.75 Å².